The Morgan fingerprint density at radius 1 is 1.09 bits per heavy atom. The number of benzene rings is 1. The second-order valence-electron chi connectivity index (χ2n) is 5.89. The van der Waals surface area contributed by atoms with Crippen molar-refractivity contribution < 1.29 is 0 Å². The van der Waals surface area contributed by atoms with Crippen LogP contribution in [0.15, 0.2) is 49.1 Å². The maximum Gasteiger partial charge on any atom is 0.137 e. The summed E-state index contributed by atoms with van der Waals surface area (Å²) >= 11 is 0. The number of pyridine rings is 1. The van der Waals surface area contributed by atoms with Crippen LogP contribution < -0.4 is 5.32 Å². The number of hydrogen-bond acceptors (Lipinski definition) is 5. The summed E-state index contributed by atoms with van der Waals surface area (Å²) in [7, 11) is 4.18. The van der Waals surface area contributed by atoms with Crippen molar-refractivity contribution in [2.45, 2.75) is 13.0 Å². The smallest absolute Gasteiger partial charge is 0.137 e. The van der Waals surface area contributed by atoms with Crippen LogP contribution in [-0.4, -0.2) is 40.5 Å². The van der Waals surface area contributed by atoms with Crippen LogP contribution in [0, 0.1) is 6.92 Å². The maximum atomic E-state index is 4.44. The fourth-order valence-corrected chi connectivity index (χ4v) is 2.63. The van der Waals surface area contributed by atoms with Crippen LogP contribution in [0.2, 0.25) is 0 Å². The Morgan fingerprint density at radius 3 is 2.61 bits per heavy atom. The van der Waals surface area contributed by atoms with Crippen LogP contribution >= 0.6 is 0 Å². The van der Waals surface area contributed by atoms with E-state index in [-0.39, 0.29) is 6.04 Å². The van der Waals surface area contributed by atoms with E-state index >= 15 is 0 Å². The molecular weight excluding hydrogens is 286 g/mol. The number of aryl methyl sites for hydroxylation is 1. The summed E-state index contributed by atoms with van der Waals surface area (Å²) in [6, 6.07) is 10.8. The summed E-state index contributed by atoms with van der Waals surface area (Å²) in [5, 5.41) is 4.39. The fourth-order valence-electron chi connectivity index (χ4n) is 2.63. The molecule has 3 rings (SSSR count). The highest BCUT2D eigenvalue weighted by Crippen LogP contribution is 2.22. The van der Waals surface area contributed by atoms with Gasteiger partial charge in [-0.1, -0.05) is 29.8 Å². The van der Waals surface area contributed by atoms with Crippen molar-refractivity contribution in [2.75, 3.05) is 26.0 Å². The van der Waals surface area contributed by atoms with Crippen LogP contribution in [0.25, 0.3) is 10.9 Å². The van der Waals surface area contributed by atoms with Crippen LogP contribution in [0.1, 0.15) is 17.2 Å². The van der Waals surface area contributed by atoms with E-state index < -0.39 is 0 Å². The lowest BCUT2D eigenvalue weighted by Crippen LogP contribution is -2.27. The number of rotatable bonds is 5. The second kappa shape index (κ2) is 6.71. The van der Waals surface area contributed by atoms with Gasteiger partial charge in [0.05, 0.1) is 16.9 Å². The van der Waals surface area contributed by atoms with Crippen LogP contribution in [-0.2, 0) is 0 Å². The van der Waals surface area contributed by atoms with Gasteiger partial charge < -0.3 is 10.2 Å². The summed E-state index contributed by atoms with van der Waals surface area (Å²) in [6.45, 7) is 2.86. The normalized spacial score (nSPS) is 12.5. The Balaban J connectivity index is 1.82. The van der Waals surface area contributed by atoms with E-state index in [0.717, 1.165) is 23.3 Å². The summed E-state index contributed by atoms with van der Waals surface area (Å²) in [4.78, 5) is 15.0. The molecule has 0 spiro atoms. The van der Waals surface area contributed by atoms with E-state index in [9.17, 15) is 0 Å². The Hall–Kier alpha value is -2.53. The molecule has 2 heterocycles. The molecule has 1 atom stereocenters. The van der Waals surface area contributed by atoms with Crippen molar-refractivity contribution in [3.05, 3.63) is 60.2 Å². The van der Waals surface area contributed by atoms with Crippen LogP contribution in [0.5, 0.6) is 0 Å². The largest absolute Gasteiger partial charge is 0.368 e. The average molecular weight is 307 g/mol. The van der Waals surface area contributed by atoms with Crippen molar-refractivity contribution in [3.8, 4) is 0 Å². The first-order chi connectivity index (χ1) is 11.1. The third-order valence-corrected chi connectivity index (χ3v) is 3.98. The molecule has 0 radical (unpaired) electrons. The molecule has 1 N–H and O–H groups in total. The van der Waals surface area contributed by atoms with Crippen molar-refractivity contribution in [1.29, 1.82) is 0 Å². The SMILES string of the molecule is Cc1ccc(C(CNc2nccc3ncncc23)N(C)C)cc1. The van der Waals surface area contributed by atoms with Gasteiger partial charge in [0.2, 0.25) is 0 Å². The summed E-state index contributed by atoms with van der Waals surface area (Å²) in [5.41, 5.74) is 3.45. The minimum absolute atomic E-state index is 0.261. The molecule has 3 aromatic rings. The van der Waals surface area contributed by atoms with E-state index in [1.807, 2.05) is 6.07 Å². The number of nitrogens with zero attached hydrogens (tertiary/aromatic N) is 4. The lowest BCUT2D eigenvalue weighted by molar-refractivity contribution is 0.311. The average Bonchev–Trinajstić information content (AvgIpc) is 2.56. The molecule has 1 aromatic carbocycles. The molecule has 5 heteroatoms. The summed E-state index contributed by atoms with van der Waals surface area (Å²) in [6.07, 6.45) is 5.13. The van der Waals surface area contributed by atoms with Crippen LogP contribution in [0.3, 0.4) is 0 Å². The standard InChI is InChI=1S/C18H21N5/c1-13-4-6-14(7-5-13)17(23(2)3)11-21-18-15-10-19-12-22-16(15)8-9-20-18/h4-10,12,17H,11H2,1-3H3,(H,20,21). The highest BCUT2D eigenvalue weighted by Gasteiger charge is 2.14. The van der Waals surface area contributed by atoms with Crippen molar-refractivity contribution in [2.24, 2.45) is 0 Å². The number of aromatic nitrogens is 3. The second-order valence-corrected chi connectivity index (χ2v) is 5.89. The third-order valence-electron chi connectivity index (χ3n) is 3.98. The minimum atomic E-state index is 0.261. The van der Waals surface area contributed by atoms with Gasteiger partial charge in [-0.05, 0) is 32.6 Å². The molecule has 1 unspecified atom stereocenters. The van der Waals surface area contributed by atoms with Gasteiger partial charge in [-0.15, -0.1) is 0 Å². The molecule has 0 aliphatic rings. The third kappa shape index (κ3) is 3.46. The first kappa shape index (κ1) is 15.4. The molecule has 2 aromatic heterocycles. The number of nitrogens with one attached hydrogen (secondary N) is 1. The maximum absolute atomic E-state index is 4.44. The van der Waals surface area contributed by atoms with E-state index in [1.54, 1.807) is 18.7 Å². The zero-order chi connectivity index (χ0) is 16.2. The van der Waals surface area contributed by atoms with Gasteiger partial charge in [-0.2, -0.15) is 0 Å². The highest BCUT2D eigenvalue weighted by atomic mass is 15.1. The van der Waals surface area contributed by atoms with Gasteiger partial charge in [0.1, 0.15) is 12.1 Å². The molecule has 5 nitrogen and oxygen atoms in total. The topological polar surface area (TPSA) is 53.9 Å². The first-order valence-electron chi connectivity index (χ1n) is 7.67. The Kier molecular flexibility index (Phi) is 4.48. The quantitative estimate of drug-likeness (QED) is 0.785. The fraction of sp³-hybridized carbons (Fsp3) is 0.278. The monoisotopic (exact) mass is 307 g/mol. The summed E-state index contributed by atoms with van der Waals surface area (Å²) < 4.78 is 0. The number of fused-ring (bicyclic) bond motifs is 1. The zero-order valence-corrected chi connectivity index (χ0v) is 13.7. The Labute approximate surface area is 136 Å². The Bertz CT molecular complexity index is 778. The highest BCUT2D eigenvalue weighted by molar-refractivity contribution is 5.87. The van der Waals surface area contributed by atoms with E-state index in [0.29, 0.717) is 0 Å². The van der Waals surface area contributed by atoms with Gasteiger partial charge >= 0.3 is 0 Å². The molecule has 118 valence electrons. The van der Waals surface area contributed by atoms with E-state index in [2.05, 4.69) is 70.5 Å². The molecular formula is C18H21N5. The molecule has 0 saturated heterocycles. The molecule has 0 fully saturated rings. The van der Waals surface area contributed by atoms with Gasteiger partial charge in [0.15, 0.2) is 0 Å². The van der Waals surface area contributed by atoms with Gasteiger partial charge in [-0.25, -0.2) is 15.0 Å². The predicted octanol–water partition coefficient (Wildman–Crippen LogP) is 3.05. The lowest BCUT2D eigenvalue weighted by Gasteiger charge is -2.25. The lowest BCUT2D eigenvalue weighted by atomic mass is 10.0. The molecule has 0 aliphatic carbocycles. The van der Waals surface area contributed by atoms with Crippen molar-refractivity contribution >= 4 is 16.7 Å². The van der Waals surface area contributed by atoms with Crippen molar-refractivity contribution in [1.82, 2.24) is 19.9 Å². The number of likely N-dealkylation sites (N-methyl/N-ethyl adjacent to an activating group) is 1. The number of hydrogen-bond donors (Lipinski definition) is 1. The zero-order valence-electron chi connectivity index (χ0n) is 13.7. The molecule has 0 amide bonds. The molecule has 0 aliphatic heterocycles. The minimum Gasteiger partial charge on any atom is -0.368 e. The van der Waals surface area contributed by atoms with Crippen molar-refractivity contribution in [3.63, 3.8) is 0 Å². The van der Waals surface area contributed by atoms with Gasteiger partial charge in [0, 0.05) is 18.9 Å². The number of anilines is 1. The van der Waals surface area contributed by atoms with Gasteiger partial charge in [-0.3, -0.25) is 0 Å². The Morgan fingerprint density at radius 2 is 1.87 bits per heavy atom. The van der Waals surface area contributed by atoms with E-state index in [4.69, 9.17) is 0 Å². The van der Waals surface area contributed by atoms with E-state index in [1.165, 1.54) is 11.1 Å². The molecule has 0 saturated carbocycles. The van der Waals surface area contributed by atoms with Crippen LogP contribution in [0.4, 0.5) is 5.82 Å². The summed E-state index contributed by atoms with van der Waals surface area (Å²) in [5.74, 6) is 0.821. The molecule has 0 bridgehead atoms. The first-order valence-corrected chi connectivity index (χ1v) is 7.67. The molecule has 23 heavy (non-hydrogen) atoms. The predicted molar refractivity (Wildman–Crippen MR) is 93.4 cm³/mol. The van der Waals surface area contributed by atoms with Gasteiger partial charge in [0.25, 0.3) is 0 Å².